The van der Waals surface area contributed by atoms with Crippen molar-refractivity contribution in [3.05, 3.63) is 22.4 Å². The minimum Gasteiger partial charge on any atom is -0.296 e. The summed E-state index contributed by atoms with van der Waals surface area (Å²) in [5, 5.41) is 2.18. The van der Waals surface area contributed by atoms with Gasteiger partial charge in [-0.2, -0.15) is 0 Å². The van der Waals surface area contributed by atoms with Gasteiger partial charge in [-0.25, -0.2) is 0 Å². The van der Waals surface area contributed by atoms with Crippen molar-refractivity contribution in [1.29, 1.82) is 0 Å². The van der Waals surface area contributed by atoms with Gasteiger partial charge in [-0.05, 0) is 63.1 Å². The number of likely N-dealkylation sites (tertiary alicyclic amines) is 1. The molecule has 1 unspecified atom stereocenters. The van der Waals surface area contributed by atoms with Gasteiger partial charge in [-0.1, -0.05) is 25.3 Å². The summed E-state index contributed by atoms with van der Waals surface area (Å²) in [6.45, 7) is 2.55. The second-order valence-electron chi connectivity index (χ2n) is 6.70. The van der Waals surface area contributed by atoms with Gasteiger partial charge >= 0.3 is 0 Å². The summed E-state index contributed by atoms with van der Waals surface area (Å²) in [5.41, 5.74) is 3.53. The smallest absolute Gasteiger partial charge is 0.0398 e. The van der Waals surface area contributed by atoms with Crippen molar-refractivity contribution in [2.75, 3.05) is 13.1 Å². The van der Waals surface area contributed by atoms with E-state index in [1.165, 1.54) is 62.9 Å². The molecule has 0 amide bonds. The summed E-state index contributed by atoms with van der Waals surface area (Å²) in [6, 6.07) is 4.83. The lowest BCUT2D eigenvalue weighted by molar-refractivity contribution is 0.0340. The maximum absolute atomic E-state index is 6.01. The minimum absolute atomic E-state index is 0.326. The van der Waals surface area contributed by atoms with Crippen LogP contribution in [0, 0.1) is 0 Å². The van der Waals surface area contributed by atoms with Gasteiger partial charge in [0.1, 0.15) is 0 Å². The van der Waals surface area contributed by atoms with Crippen molar-refractivity contribution in [2.45, 2.75) is 69.4 Å². The van der Waals surface area contributed by atoms with Gasteiger partial charge in [0, 0.05) is 16.5 Å². The maximum atomic E-state index is 6.01. The summed E-state index contributed by atoms with van der Waals surface area (Å²) in [4.78, 5) is 4.27. The third-order valence-electron chi connectivity index (χ3n) is 5.56. The van der Waals surface area contributed by atoms with Crippen LogP contribution in [0.5, 0.6) is 0 Å². The molecule has 0 spiro atoms. The number of nitrogens with one attached hydrogen (secondary N) is 1. The van der Waals surface area contributed by atoms with Crippen LogP contribution in [0.25, 0.3) is 0 Å². The number of nitrogens with two attached hydrogens (primary N) is 1. The average molecular weight is 308 g/mol. The SMILES string of the molecule is NNC(CCc1cccs1)C1(N2CCCCC2)CCCC1. The Kier molecular flexibility index (Phi) is 5.33. The van der Waals surface area contributed by atoms with Gasteiger partial charge < -0.3 is 0 Å². The van der Waals surface area contributed by atoms with Crippen molar-refractivity contribution in [3.8, 4) is 0 Å². The molecule has 3 nitrogen and oxygen atoms in total. The average Bonchev–Trinajstić information content (AvgIpc) is 3.21. The van der Waals surface area contributed by atoms with Crippen LogP contribution in [0.3, 0.4) is 0 Å². The van der Waals surface area contributed by atoms with Crippen LogP contribution in [-0.4, -0.2) is 29.6 Å². The topological polar surface area (TPSA) is 41.3 Å². The molecule has 1 aliphatic heterocycles. The number of nitrogens with zero attached hydrogens (tertiary/aromatic N) is 1. The molecule has 1 aromatic heterocycles. The number of thiophene rings is 1. The van der Waals surface area contributed by atoms with E-state index in [0.29, 0.717) is 11.6 Å². The predicted octanol–water partition coefficient (Wildman–Crippen LogP) is 3.31. The van der Waals surface area contributed by atoms with E-state index >= 15 is 0 Å². The Labute approximate surface area is 132 Å². The lowest BCUT2D eigenvalue weighted by atomic mass is 9.82. The highest BCUT2D eigenvalue weighted by Gasteiger charge is 2.45. The first-order valence-electron chi connectivity index (χ1n) is 8.59. The number of piperidine rings is 1. The highest BCUT2D eigenvalue weighted by atomic mass is 32.1. The molecule has 2 aliphatic rings. The molecular formula is C17H29N3S. The van der Waals surface area contributed by atoms with Crippen LogP contribution in [0.1, 0.15) is 56.2 Å². The molecule has 1 saturated heterocycles. The Morgan fingerprint density at radius 1 is 1.19 bits per heavy atom. The van der Waals surface area contributed by atoms with E-state index < -0.39 is 0 Å². The molecule has 2 fully saturated rings. The Morgan fingerprint density at radius 2 is 1.95 bits per heavy atom. The standard InChI is InChI=1S/C17H29N3S/c18-19-16(9-8-15-7-6-14-21-15)17(10-2-3-11-17)20-12-4-1-5-13-20/h6-7,14,16,19H,1-5,8-13,18H2. The molecule has 1 aliphatic carbocycles. The van der Waals surface area contributed by atoms with Gasteiger partial charge in [0.05, 0.1) is 0 Å². The molecule has 118 valence electrons. The number of aryl methyl sites for hydroxylation is 1. The molecule has 0 aromatic carbocycles. The summed E-state index contributed by atoms with van der Waals surface area (Å²) < 4.78 is 0. The van der Waals surface area contributed by atoms with Crippen LogP contribution in [0.15, 0.2) is 17.5 Å². The zero-order valence-electron chi connectivity index (χ0n) is 13.0. The van der Waals surface area contributed by atoms with E-state index in [1.54, 1.807) is 0 Å². The highest BCUT2D eigenvalue weighted by molar-refractivity contribution is 7.09. The van der Waals surface area contributed by atoms with E-state index in [0.717, 1.165) is 12.8 Å². The summed E-state index contributed by atoms with van der Waals surface area (Å²) in [5.74, 6) is 6.01. The molecule has 1 aromatic rings. The molecule has 21 heavy (non-hydrogen) atoms. The molecule has 0 bridgehead atoms. The second-order valence-corrected chi connectivity index (χ2v) is 7.73. The highest BCUT2D eigenvalue weighted by Crippen LogP contribution is 2.40. The monoisotopic (exact) mass is 307 g/mol. The fraction of sp³-hybridized carbons (Fsp3) is 0.765. The van der Waals surface area contributed by atoms with Crippen molar-refractivity contribution < 1.29 is 0 Å². The van der Waals surface area contributed by atoms with E-state index in [1.807, 2.05) is 11.3 Å². The first-order chi connectivity index (χ1) is 10.3. The molecule has 2 heterocycles. The van der Waals surface area contributed by atoms with Crippen molar-refractivity contribution in [2.24, 2.45) is 5.84 Å². The van der Waals surface area contributed by atoms with Gasteiger partial charge in [0.2, 0.25) is 0 Å². The van der Waals surface area contributed by atoms with Crippen LogP contribution in [0.2, 0.25) is 0 Å². The fourth-order valence-electron chi connectivity index (χ4n) is 4.46. The largest absolute Gasteiger partial charge is 0.296 e. The van der Waals surface area contributed by atoms with Gasteiger partial charge in [0.15, 0.2) is 0 Å². The Balaban J connectivity index is 1.70. The fourth-order valence-corrected chi connectivity index (χ4v) is 5.18. The quantitative estimate of drug-likeness (QED) is 0.626. The third-order valence-corrected chi connectivity index (χ3v) is 6.50. The minimum atomic E-state index is 0.326. The van der Waals surface area contributed by atoms with Crippen molar-refractivity contribution in [1.82, 2.24) is 10.3 Å². The van der Waals surface area contributed by atoms with Crippen LogP contribution >= 0.6 is 11.3 Å². The molecule has 4 heteroatoms. The number of hydrazine groups is 1. The van der Waals surface area contributed by atoms with Gasteiger partial charge in [0.25, 0.3) is 0 Å². The second kappa shape index (κ2) is 7.23. The first kappa shape index (κ1) is 15.5. The third kappa shape index (κ3) is 3.34. The lowest BCUT2D eigenvalue weighted by Gasteiger charge is -2.48. The van der Waals surface area contributed by atoms with Crippen LogP contribution < -0.4 is 11.3 Å². The summed E-state index contributed by atoms with van der Waals surface area (Å²) >= 11 is 1.87. The zero-order valence-corrected chi connectivity index (χ0v) is 13.8. The molecule has 3 N–H and O–H groups in total. The molecule has 1 atom stereocenters. The normalized spacial score (nSPS) is 24.2. The lowest BCUT2D eigenvalue weighted by Crippen LogP contribution is -2.62. The van der Waals surface area contributed by atoms with E-state index in [2.05, 4.69) is 27.8 Å². The van der Waals surface area contributed by atoms with E-state index in [-0.39, 0.29) is 0 Å². The molecule has 3 rings (SSSR count). The van der Waals surface area contributed by atoms with E-state index in [4.69, 9.17) is 5.84 Å². The van der Waals surface area contributed by atoms with Gasteiger partial charge in [-0.15, -0.1) is 11.3 Å². The Bertz CT molecular complexity index is 406. The van der Waals surface area contributed by atoms with Crippen LogP contribution in [-0.2, 0) is 6.42 Å². The molecule has 0 radical (unpaired) electrons. The predicted molar refractivity (Wildman–Crippen MR) is 90.4 cm³/mol. The molecular weight excluding hydrogens is 278 g/mol. The summed E-state index contributed by atoms with van der Waals surface area (Å²) in [6.07, 6.45) is 11.8. The maximum Gasteiger partial charge on any atom is 0.0398 e. The molecule has 1 saturated carbocycles. The summed E-state index contributed by atoms with van der Waals surface area (Å²) in [7, 11) is 0. The zero-order chi connectivity index (χ0) is 14.5. The number of hydrogen-bond acceptors (Lipinski definition) is 4. The van der Waals surface area contributed by atoms with Crippen molar-refractivity contribution in [3.63, 3.8) is 0 Å². The number of rotatable bonds is 6. The Morgan fingerprint density at radius 3 is 2.57 bits per heavy atom. The van der Waals surface area contributed by atoms with Gasteiger partial charge in [-0.3, -0.25) is 16.2 Å². The first-order valence-corrected chi connectivity index (χ1v) is 9.47. The number of hydrogen-bond donors (Lipinski definition) is 2. The van der Waals surface area contributed by atoms with Crippen LogP contribution in [0.4, 0.5) is 0 Å². The van der Waals surface area contributed by atoms with Crippen molar-refractivity contribution >= 4 is 11.3 Å². The Hall–Kier alpha value is -0.420. The van der Waals surface area contributed by atoms with E-state index in [9.17, 15) is 0 Å².